The SMILES string of the molecule is COc1cc2c(cc1OC)[C@@H](C)N(N1CCC[C@H]1COCc1ccccc1)CC2. The van der Waals surface area contributed by atoms with Crippen LogP contribution in [0.4, 0.5) is 0 Å². The van der Waals surface area contributed by atoms with Gasteiger partial charge in [-0.15, -0.1) is 0 Å². The van der Waals surface area contributed by atoms with Crippen molar-refractivity contribution in [1.82, 2.24) is 10.0 Å². The third kappa shape index (κ3) is 4.27. The second-order valence-electron chi connectivity index (χ2n) is 7.95. The molecule has 2 aliphatic rings. The van der Waals surface area contributed by atoms with Crippen LogP contribution >= 0.6 is 0 Å². The summed E-state index contributed by atoms with van der Waals surface area (Å²) < 4.78 is 17.1. The molecule has 0 bridgehead atoms. The van der Waals surface area contributed by atoms with E-state index in [1.165, 1.54) is 29.5 Å². The maximum absolute atomic E-state index is 6.09. The van der Waals surface area contributed by atoms with Gasteiger partial charge in [0.05, 0.1) is 27.4 Å². The van der Waals surface area contributed by atoms with Crippen molar-refractivity contribution >= 4 is 0 Å². The van der Waals surface area contributed by atoms with Gasteiger partial charge in [0.15, 0.2) is 11.5 Å². The summed E-state index contributed by atoms with van der Waals surface area (Å²) in [4.78, 5) is 0. The number of hydrogen-bond acceptors (Lipinski definition) is 5. The minimum Gasteiger partial charge on any atom is -0.493 e. The van der Waals surface area contributed by atoms with Crippen LogP contribution in [-0.4, -0.2) is 50.0 Å². The first-order chi connectivity index (χ1) is 14.2. The zero-order valence-corrected chi connectivity index (χ0v) is 17.8. The second kappa shape index (κ2) is 9.16. The molecule has 5 nitrogen and oxygen atoms in total. The quantitative estimate of drug-likeness (QED) is 0.700. The minimum absolute atomic E-state index is 0.313. The van der Waals surface area contributed by atoms with Crippen LogP contribution in [0.2, 0.25) is 0 Å². The average molecular weight is 397 g/mol. The van der Waals surface area contributed by atoms with Crippen molar-refractivity contribution in [3.63, 3.8) is 0 Å². The van der Waals surface area contributed by atoms with Crippen molar-refractivity contribution in [2.75, 3.05) is 33.9 Å². The van der Waals surface area contributed by atoms with E-state index in [0.717, 1.165) is 37.6 Å². The molecule has 2 heterocycles. The van der Waals surface area contributed by atoms with E-state index in [1.807, 2.05) is 6.07 Å². The molecule has 2 atom stereocenters. The van der Waals surface area contributed by atoms with Crippen LogP contribution in [0.5, 0.6) is 11.5 Å². The Morgan fingerprint density at radius 1 is 0.966 bits per heavy atom. The largest absolute Gasteiger partial charge is 0.493 e. The Morgan fingerprint density at radius 3 is 2.48 bits per heavy atom. The molecule has 0 aromatic heterocycles. The van der Waals surface area contributed by atoms with E-state index in [-0.39, 0.29) is 0 Å². The summed E-state index contributed by atoms with van der Waals surface area (Å²) in [5.74, 6) is 1.63. The molecule has 0 amide bonds. The van der Waals surface area contributed by atoms with Gasteiger partial charge in [0, 0.05) is 25.2 Å². The first kappa shape index (κ1) is 20.2. The topological polar surface area (TPSA) is 34.2 Å². The lowest BCUT2D eigenvalue weighted by atomic mass is 9.93. The van der Waals surface area contributed by atoms with Gasteiger partial charge in [0.25, 0.3) is 0 Å². The van der Waals surface area contributed by atoms with Gasteiger partial charge in [-0.1, -0.05) is 30.3 Å². The number of rotatable bonds is 7. The van der Waals surface area contributed by atoms with Gasteiger partial charge in [-0.3, -0.25) is 0 Å². The Morgan fingerprint density at radius 2 is 1.72 bits per heavy atom. The maximum atomic E-state index is 6.09. The molecular weight excluding hydrogens is 364 g/mol. The van der Waals surface area contributed by atoms with Crippen molar-refractivity contribution in [2.45, 2.75) is 44.9 Å². The van der Waals surface area contributed by atoms with E-state index in [2.05, 4.69) is 53.3 Å². The molecule has 0 aliphatic carbocycles. The molecule has 156 valence electrons. The summed E-state index contributed by atoms with van der Waals surface area (Å²) in [5.41, 5.74) is 3.94. The van der Waals surface area contributed by atoms with Gasteiger partial charge in [-0.05, 0) is 55.0 Å². The van der Waals surface area contributed by atoms with Crippen LogP contribution in [0.25, 0.3) is 0 Å². The van der Waals surface area contributed by atoms with Gasteiger partial charge in [0.2, 0.25) is 0 Å². The highest BCUT2D eigenvalue weighted by atomic mass is 16.5. The number of methoxy groups -OCH3 is 2. The zero-order chi connectivity index (χ0) is 20.2. The molecule has 1 fully saturated rings. The van der Waals surface area contributed by atoms with Crippen molar-refractivity contribution in [3.8, 4) is 11.5 Å². The Kier molecular flexibility index (Phi) is 6.38. The standard InChI is InChI=1S/C24H32N2O3/c1-18-22-15-24(28-3)23(27-2)14-20(22)11-13-25(18)26-12-7-10-21(26)17-29-16-19-8-5-4-6-9-19/h4-6,8-9,14-15,18,21H,7,10-13,16-17H2,1-3H3/t18-,21+/m1/s1. The van der Waals surface area contributed by atoms with Gasteiger partial charge in [0.1, 0.15) is 0 Å². The zero-order valence-electron chi connectivity index (χ0n) is 17.8. The highest BCUT2D eigenvalue weighted by Crippen LogP contribution is 2.39. The Labute approximate surface area is 174 Å². The summed E-state index contributed by atoms with van der Waals surface area (Å²) in [6, 6.07) is 15.5. The Bertz CT molecular complexity index is 811. The normalized spacial score (nSPS) is 22.4. The molecule has 0 radical (unpaired) electrons. The number of ether oxygens (including phenoxy) is 3. The number of benzene rings is 2. The first-order valence-electron chi connectivity index (χ1n) is 10.6. The summed E-state index contributed by atoms with van der Waals surface area (Å²) in [6.45, 7) is 5.88. The summed E-state index contributed by atoms with van der Waals surface area (Å²) >= 11 is 0. The molecule has 29 heavy (non-hydrogen) atoms. The van der Waals surface area contributed by atoms with E-state index >= 15 is 0 Å². The molecule has 0 saturated carbocycles. The number of nitrogens with zero attached hydrogens (tertiary/aromatic N) is 2. The number of hydrogen-bond donors (Lipinski definition) is 0. The van der Waals surface area contributed by atoms with Crippen molar-refractivity contribution in [2.24, 2.45) is 0 Å². The van der Waals surface area contributed by atoms with Gasteiger partial charge in [-0.2, -0.15) is 0 Å². The third-order valence-corrected chi connectivity index (χ3v) is 6.25. The molecule has 1 saturated heterocycles. The fraction of sp³-hybridized carbons (Fsp3) is 0.500. The van der Waals surface area contributed by atoms with Crippen molar-refractivity contribution < 1.29 is 14.2 Å². The van der Waals surface area contributed by atoms with Crippen LogP contribution < -0.4 is 9.47 Å². The molecule has 0 spiro atoms. The van der Waals surface area contributed by atoms with Crippen LogP contribution in [0.15, 0.2) is 42.5 Å². The maximum Gasteiger partial charge on any atom is 0.161 e. The van der Waals surface area contributed by atoms with Crippen molar-refractivity contribution in [3.05, 3.63) is 59.2 Å². The van der Waals surface area contributed by atoms with E-state index in [0.29, 0.717) is 18.7 Å². The van der Waals surface area contributed by atoms with Crippen LogP contribution in [0, 0.1) is 0 Å². The molecule has 2 aromatic rings. The van der Waals surface area contributed by atoms with E-state index in [4.69, 9.17) is 14.2 Å². The highest BCUT2D eigenvalue weighted by molar-refractivity contribution is 5.49. The number of hydrazine groups is 1. The Balaban J connectivity index is 1.44. The fourth-order valence-corrected chi connectivity index (χ4v) is 4.70. The summed E-state index contributed by atoms with van der Waals surface area (Å²) in [7, 11) is 3.41. The van der Waals surface area contributed by atoms with E-state index in [9.17, 15) is 0 Å². The monoisotopic (exact) mass is 396 g/mol. The number of fused-ring (bicyclic) bond motifs is 1. The van der Waals surface area contributed by atoms with E-state index in [1.54, 1.807) is 14.2 Å². The molecule has 0 unspecified atom stereocenters. The van der Waals surface area contributed by atoms with Gasteiger partial charge >= 0.3 is 0 Å². The predicted molar refractivity (Wildman–Crippen MR) is 114 cm³/mol. The van der Waals surface area contributed by atoms with E-state index < -0.39 is 0 Å². The molecule has 2 aliphatic heterocycles. The molecule has 5 heteroatoms. The lowest BCUT2D eigenvalue weighted by molar-refractivity contribution is -0.0918. The minimum atomic E-state index is 0.313. The fourth-order valence-electron chi connectivity index (χ4n) is 4.70. The van der Waals surface area contributed by atoms with Gasteiger partial charge < -0.3 is 14.2 Å². The lowest BCUT2D eigenvalue weighted by Gasteiger charge is -2.43. The smallest absolute Gasteiger partial charge is 0.161 e. The summed E-state index contributed by atoms with van der Waals surface area (Å²) in [6.07, 6.45) is 3.44. The summed E-state index contributed by atoms with van der Waals surface area (Å²) in [5, 5.41) is 5.09. The van der Waals surface area contributed by atoms with Gasteiger partial charge in [-0.25, -0.2) is 10.0 Å². The second-order valence-corrected chi connectivity index (χ2v) is 7.95. The first-order valence-corrected chi connectivity index (χ1v) is 10.6. The van der Waals surface area contributed by atoms with Crippen LogP contribution in [-0.2, 0) is 17.8 Å². The van der Waals surface area contributed by atoms with Crippen molar-refractivity contribution in [1.29, 1.82) is 0 Å². The lowest BCUT2D eigenvalue weighted by Crippen LogP contribution is -2.50. The highest BCUT2D eigenvalue weighted by Gasteiger charge is 2.35. The Hall–Kier alpha value is -2.08. The third-order valence-electron chi connectivity index (χ3n) is 6.25. The predicted octanol–water partition coefficient (Wildman–Crippen LogP) is 4.22. The molecule has 0 N–H and O–H groups in total. The molecule has 4 rings (SSSR count). The molecular formula is C24H32N2O3. The van der Waals surface area contributed by atoms with Crippen LogP contribution in [0.1, 0.15) is 42.5 Å². The molecule has 2 aromatic carbocycles. The van der Waals surface area contributed by atoms with Crippen LogP contribution in [0.3, 0.4) is 0 Å². The average Bonchev–Trinajstić information content (AvgIpc) is 3.22.